The predicted molar refractivity (Wildman–Crippen MR) is 119 cm³/mol. The van der Waals surface area contributed by atoms with Crippen LogP contribution >= 0.6 is 0 Å². The second-order valence-corrected chi connectivity index (χ2v) is 8.54. The molecule has 1 aliphatic heterocycles. The molecule has 2 aromatic heterocycles. The molecular weight excluding hydrogens is 372 g/mol. The second kappa shape index (κ2) is 7.73. The molecule has 3 heterocycles. The Morgan fingerprint density at radius 1 is 1.03 bits per heavy atom. The first kappa shape index (κ1) is 19.1. The van der Waals surface area contributed by atoms with Gasteiger partial charge in [0.05, 0.1) is 16.7 Å². The molecule has 0 radical (unpaired) electrons. The van der Waals surface area contributed by atoms with Gasteiger partial charge in [0.1, 0.15) is 12.1 Å². The second-order valence-electron chi connectivity index (χ2n) is 8.54. The fraction of sp³-hybridized carbons (Fsp3) is 0.360. The van der Waals surface area contributed by atoms with Gasteiger partial charge in [-0.15, -0.1) is 0 Å². The Hall–Kier alpha value is -2.92. The molecule has 0 bridgehead atoms. The number of nitrogens with zero attached hydrogens (tertiary/aromatic N) is 4. The van der Waals surface area contributed by atoms with Crippen molar-refractivity contribution >= 4 is 11.0 Å². The summed E-state index contributed by atoms with van der Waals surface area (Å²) in [5, 5.41) is 0. The molecule has 5 rings (SSSR count). The minimum Gasteiger partial charge on any atom is -0.444 e. The number of benzene rings is 2. The van der Waals surface area contributed by atoms with Crippen LogP contribution in [0.25, 0.3) is 22.5 Å². The van der Waals surface area contributed by atoms with Crippen molar-refractivity contribution in [3.8, 4) is 11.5 Å². The number of likely N-dealkylation sites (tertiary alicyclic amines) is 1. The maximum absolute atomic E-state index is 5.78. The summed E-state index contributed by atoms with van der Waals surface area (Å²) in [5.74, 6) is 1.73. The summed E-state index contributed by atoms with van der Waals surface area (Å²) < 4.78 is 8.05. The van der Waals surface area contributed by atoms with E-state index in [1.165, 1.54) is 29.5 Å². The zero-order valence-electron chi connectivity index (χ0n) is 17.9. The smallest absolute Gasteiger partial charge is 0.226 e. The first-order valence-corrected chi connectivity index (χ1v) is 10.8. The average Bonchev–Trinajstić information content (AvgIpc) is 3.44. The third-order valence-electron chi connectivity index (χ3n) is 6.24. The van der Waals surface area contributed by atoms with Crippen LogP contribution in [0.4, 0.5) is 0 Å². The van der Waals surface area contributed by atoms with Gasteiger partial charge >= 0.3 is 0 Å². The van der Waals surface area contributed by atoms with E-state index < -0.39 is 0 Å². The van der Waals surface area contributed by atoms with Gasteiger partial charge in [-0.2, -0.15) is 0 Å². The van der Waals surface area contributed by atoms with E-state index in [0.29, 0.717) is 11.9 Å². The highest BCUT2D eigenvalue weighted by atomic mass is 16.3. The van der Waals surface area contributed by atoms with Crippen molar-refractivity contribution in [1.82, 2.24) is 19.4 Å². The van der Waals surface area contributed by atoms with Crippen LogP contribution in [0.3, 0.4) is 0 Å². The monoisotopic (exact) mass is 400 g/mol. The number of aryl methyl sites for hydroxylation is 2. The third-order valence-corrected chi connectivity index (χ3v) is 6.24. The number of aromatic nitrogens is 3. The molecule has 0 aliphatic carbocycles. The first-order valence-electron chi connectivity index (χ1n) is 10.8. The van der Waals surface area contributed by atoms with Gasteiger partial charge in [-0.1, -0.05) is 18.2 Å². The molecule has 0 amide bonds. The van der Waals surface area contributed by atoms with Crippen molar-refractivity contribution < 1.29 is 4.42 Å². The SMILES string of the molecule is Cc1ccc2nc(C)n(Cc3ccc(-c4nc(CN5CCC[C@@H]5C)co4)cc3)c2c1. The Balaban J connectivity index is 1.33. The van der Waals surface area contributed by atoms with E-state index in [0.717, 1.165) is 42.2 Å². The van der Waals surface area contributed by atoms with Crippen molar-refractivity contribution in [3.05, 3.63) is 71.4 Å². The molecule has 5 nitrogen and oxygen atoms in total. The number of imidazole rings is 1. The maximum Gasteiger partial charge on any atom is 0.226 e. The summed E-state index contributed by atoms with van der Waals surface area (Å²) in [7, 11) is 0. The molecule has 5 heteroatoms. The van der Waals surface area contributed by atoms with Crippen LogP contribution in [-0.4, -0.2) is 32.0 Å². The Morgan fingerprint density at radius 3 is 2.63 bits per heavy atom. The van der Waals surface area contributed by atoms with Crippen LogP contribution in [0.15, 0.2) is 53.1 Å². The zero-order valence-corrected chi connectivity index (χ0v) is 17.9. The van der Waals surface area contributed by atoms with Crippen molar-refractivity contribution in [3.63, 3.8) is 0 Å². The minimum absolute atomic E-state index is 0.635. The summed E-state index contributed by atoms with van der Waals surface area (Å²) in [4.78, 5) is 11.9. The average molecular weight is 401 g/mol. The lowest BCUT2D eigenvalue weighted by molar-refractivity contribution is 0.257. The topological polar surface area (TPSA) is 47.1 Å². The number of hydrogen-bond acceptors (Lipinski definition) is 4. The van der Waals surface area contributed by atoms with Gasteiger partial charge < -0.3 is 8.98 Å². The molecule has 0 saturated carbocycles. The summed E-state index contributed by atoms with van der Waals surface area (Å²) in [6.45, 7) is 9.30. The van der Waals surface area contributed by atoms with E-state index in [1.54, 1.807) is 6.26 Å². The molecular formula is C25H28N4O. The molecule has 0 unspecified atom stereocenters. The van der Waals surface area contributed by atoms with Crippen LogP contribution in [0.2, 0.25) is 0 Å². The normalized spacial score (nSPS) is 17.2. The van der Waals surface area contributed by atoms with Gasteiger partial charge in [0.15, 0.2) is 0 Å². The lowest BCUT2D eigenvalue weighted by atomic mass is 10.1. The summed E-state index contributed by atoms with van der Waals surface area (Å²) in [6.07, 6.45) is 4.35. The largest absolute Gasteiger partial charge is 0.444 e. The molecule has 1 fully saturated rings. The molecule has 1 atom stereocenters. The van der Waals surface area contributed by atoms with Crippen LogP contribution in [0, 0.1) is 13.8 Å². The van der Waals surface area contributed by atoms with Crippen LogP contribution in [0.1, 0.15) is 42.4 Å². The van der Waals surface area contributed by atoms with E-state index in [4.69, 9.17) is 14.4 Å². The minimum atomic E-state index is 0.635. The highest BCUT2D eigenvalue weighted by Crippen LogP contribution is 2.24. The van der Waals surface area contributed by atoms with E-state index in [-0.39, 0.29) is 0 Å². The predicted octanol–water partition coefficient (Wildman–Crippen LogP) is 5.34. The Morgan fingerprint density at radius 2 is 1.87 bits per heavy atom. The molecule has 0 N–H and O–H groups in total. The molecule has 2 aromatic carbocycles. The third kappa shape index (κ3) is 3.65. The Bertz CT molecular complexity index is 1170. The first-order chi connectivity index (χ1) is 14.6. The Labute approximate surface area is 177 Å². The van der Waals surface area contributed by atoms with Crippen molar-refractivity contribution in [2.24, 2.45) is 0 Å². The number of oxazole rings is 1. The van der Waals surface area contributed by atoms with E-state index in [9.17, 15) is 0 Å². The molecule has 0 spiro atoms. The van der Waals surface area contributed by atoms with Crippen LogP contribution in [0.5, 0.6) is 0 Å². The molecule has 154 valence electrons. The van der Waals surface area contributed by atoms with Gasteiger partial charge in [-0.3, -0.25) is 4.90 Å². The highest BCUT2D eigenvalue weighted by Gasteiger charge is 2.21. The van der Waals surface area contributed by atoms with Gasteiger partial charge in [-0.25, -0.2) is 9.97 Å². The lowest BCUT2D eigenvalue weighted by Gasteiger charge is -2.18. The van der Waals surface area contributed by atoms with Gasteiger partial charge in [-0.05, 0) is 75.5 Å². The quantitative estimate of drug-likeness (QED) is 0.454. The Kier molecular flexibility index (Phi) is 4.91. The maximum atomic E-state index is 5.78. The molecule has 30 heavy (non-hydrogen) atoms. The lowest BCUT2D eigenvalue weighted by Crippen LogP contribution is -2.26. The fourth-order valence-electron chi connectivity index (χ4n) is 4.44. The fourth-order valence-corrected chi connectivity index (χ4v) is 4.44. The van der Waals surface area contributed by atoms with Crippen molar-refractivity contribution in [2.75, 3.05) is 6.54 Å². The van der Waals surface area contributed by atoms with E-state index in [2.05, 4.69) is 72.7 Å². The summed E-state index contributed by atoms with van der Waals surface area (Å²) in [5.41, 5.74) is 6.75. The van der Waals surface area contributed by atoms with Crippen LogP contribution in [-0.2, 0) is 13.1 Å². The van der Waals surface area contributed by atoms with E-state index in [1.807, 2.05) is 0 Å². The molecule has 1 aliphatic rings. The zero-order chi connectivity index (χ0) is 20.7. The van der Waals surface area contributed by atoms with Gasteiger partial charge in [0.2, 0.25) is 5.89 Å². The van der Waals surface area contributed by atoms with Gasteiger partial charge in [0.25, 0.3) is 0 Å². The van der Waals surface area contributed by atoms with Crippen LogP contribution < -0.4 is 0 Å². The number of hydrogen-bond donors (Lipinski definition) is 0. The van der Waals surface area contributed by atoms with E-state index >= 15 is 0 Å². The molecule has 1 saturated heterocycles. The summed E-state index contributed by atoms with van der Waals surface area (Å²) in [6, 6.07) is 15.6. The van der Waals surface area contributed by atoms with Crippen molar-refractivity contribution in [1.29, 1.82) is 0 Å². The van der Waals surface area contributed by atoms with Gasteiger partial charge in [0, 0.05) is 24.7 Å². The van der Waals surface area contributed by atoms with Crippen molar-refractivity contribution in [2.45, 2.75) is 52.7 Å². The summed E-state index contributed by atoms with van der Waals surface area (Å²) >= 11 is 0. The highest BCUT2D eigenvalue weighted by molar-refractivity contribution is 5.77. The number of rotatable bonds is 5. The number of fused-ring (bicyclic) bond motifs is 1. The standard InChI is InChI=1S/C25H28N4O/c1-17-6-11-23-24(13-17)29(19(3)26-23)14-20-7-9-21(10-8-20)25-27-22(16-30-25)15-28-12-4-5-18(28)2/h6-11,13,16,18H,4-5,12,14-15H2,1-3H3/t18-/m0/s1. The molecule has 4 aromatic rings.